The fourth-order valence-corrected chi connectivity index (χ4v) is 1.97. The molecular formula is C15H17F3N2O. The maximum absolute atomic E-state index is 13.0. The Morgan fingerprint density at radius 1 is 1.19 bits per heavy atom. The van der Waals surface area contributed by atoms with Crippen molar-refractivity contribution in [1.29, 1.82) is 0 Å². The number of para-hydroxylation sites is 1. The first-order valence-electron chi connectivity index (χ1n) is 6.52. The molecule has 2 N–H and O–H groups in total. The Bertz CT molecular complexity index is 660. The smallest absolute Gasteiger partial charge is 0.418 e. The summed E-state index contributed by atoms with van der Waals surface area (Å²) < 4.78 is 39.0. The summed E-state index contributed by atoms with van der Waals surface area (Å²) in [5.41, 5.74) is -0.706. The highest BCUT2D eigenvalue weighted by molar-refractivity contribution is 5.94. The molecule has 1 aromatic carbocycles. The Kier molecular flexibility index (Phi) is 3.74. The van der Waals surface area contributed by atoms with Gasteiger partial charge in [0.25, 0.3) is 0 Å². The Morgan fingerprint density at radius 3 is 2.43 bits per heavy atom. The Hall–Kier alpha value is -1.98. The highest BCUT2D eigenvalue weighted by atomic mass is 19.4. The van der Waals surface area contributed by atoms with Gasteiger partial charge in [0, 0.05) is 23.7 Å². The van der Waals surface area contributed by atoms with E-state index in [0.717, 1.165) is 6.07 Å². The van der Waals surface area contributed by atoms with E-state index in [4.69, 9.17) is 0 Å². The monoisotopic (exact) mass is 298 g/mol. The SMILES string of the molecule is CC(C)(C)CNc1cc(O)nc2c(C(F)(F)F)cccc12. The molecule has 0 saturated carbocycles. The van der Waals surface area contributed by atoms with Crippen LogP contribution in [-0.4, -0.2) is 16.6 Å². The number of nitrogens with one attached hydrogen (secondary N) is 1. The van der Waals surface area contributed by atoms with Crippen molar-refractivity contribution in [2.75, 3.05) is 11.9 Å². The largest absolute Gasteiger partial charge is 0.493 e. The number of benzene rings is 1. The van der Waals surface area contributed by atoms with Crippen LogP contribution < -0.4 is 5.32 Å². The fourth-order valence-electron chi connectivity index (χ4n) is 1.97. The van der Waals surface area contributed by atoms with Gasteiger partial charge in [-0.05, 0) is 11.5 Å². The van der Waals surface area contributed by atoms with Gasteiger partial charge in [0.2, 0.25) is 5.88 Å². The summed E-state index contributed by atoms with van der Waals surface area (Å²) in [6.45, 7) is 6.57. The van der Waals surface area contributed by atoms with E-state index < -0.39 is 17.6 Å². The Morgan fingerprint density at radius 2 is 1.86 bits per heavy atom. The minimum atomic E-state index is -4.51. The van der Waals surface area contributed by atoms with Crippen LogP contribution in [0.2, 0.25) is 0 Å². The number of rotatable bonds is 2. The number of pyridine rings is 1. The number of nitrogens with zero attached hydrogens (tertiary/aromatic N) is 1. The van der Waals surface area contributed by atoms with E-state index in [1.807, 2.05) is 20.8 Å². The van der Waals surface area contributed by atoms with E-state index >= 15 is 0 Å². The number of aromatic hydroxyl groups is 1. The zero-order valence-electron chi connectivity index (χ0n) is 12.0. The summed E-state index contributed by atoms with van der Waals surface area (Å²) >= 11 is 0. The lowest BCUT2D eigenvalue weighted by Crippen LogP contribution is -2.19. The van der Waals surface area contributed by atoms with Crippen molar-refractivity contribution >= 4 is 16.6 Å². The van der Waals surface area contributed by atoms with Crippen LogP contribution in [0, 0.1) is 5.41 Å². The van der Waals surface area contributed by atoms with Crippen molar-refractivity contribution in [2.45, 2.75) is 26.9 Å². The molecule has 0 spiro atoms. The lowest BCUT2D eigenvalue weighted by molar-refractivity contribution is -0.136. The van der Waals surface area contributed by atoms with Crippen molar-refractivity contribution < 1.29 is 18.3 Å². The van der Waals surface area contributed by atoms with Gasteiger partial charge in [-0.25, -0.2) is 4.98 Å². The Labute approximate surface area is 120 Å². The number of anilines is 1. The second kappa shape index (κ2) is 5.09. The van der Waals surface area contributed by atoms with Crippen molar-refractivity contribution in [1.82, 2.24) is 4.98 Å². The predicted octanol–water partition coefficient (Wildman–Crippen LogP) is 4.42. The van der Waals surface area contributed by atoms with Crippen LogP contribution in [-0.2, 0) is 6.18 Å². The van der Waals surface area contributed by atoms with Crippen molar-refractivity contribution in [2.24, 2.45) is 5.41 Å². The molecule has 114 valence electrons. The number of alkyl halides is 3. The standard InChI is InChI=1S/C15H17F3N2O/c1-14(2,3)8-19-11-7-12(21)20-13-9(11)5-4-6-10(13)15(16,17)18/h4-7H,8H2,1-3H3,(H2,19,20,21). The van der Waals surface area contributed by atoms with Crippen LogP contribution in [0.1, 0.15) is 26.3 Å². The molecule has 0 fully saturated rings. The van der Waals surface area contributed by atoms with Crippen LogP contribution in [0.4, 0.5) is 18.9 Å². The highest BCUT2D eigenvalue weighted by Crippen LogP contribution is 2.37. The third-order valence-electron chi connectivity index (χ3n) is 2.94. The van der Waals surface area contributed by atoms with Crippen molar-refractivity contribution in [3.8, 4) is 5.88 Å². The van der Waals surface area contributed by atoms with Gasteiger partial charge in [-0.1, -0.05) is 32.9 Å². The maximum atomic E-state index is 13.0. The number of fused-ring (bicyclic) bond motifs is 1. The first kappa shape index (κ1) is 15.4. The number of hydrogen-bond donors (Lipinski definition) is 2. The van der Waals surface area contributed by atoms with E-state index in [1.54, 1.807) is 6.07 Å². The molecule has 0 aliphatic carbocycles. The summed E-state index contributed by atoms with van der Waals surface area (Å²) in [5, 5.41) is 13.0. The number of halogens is 3. The minimum absolute atomic E-state index is 0.0488. The second-order valence-electron chi connectivity index (χ2n) is 6.14. The summed E-state index contributed by atoms with van der Waals surface area (Å²) in [5.74, 6) is -0.435. The van der Waals surface area contributed by atoms with E-state index in [-0.39, 0.29) is 10.9 Å². The quantitative estimate of drug-likeness (QED) is 0.862. The van der Waals surface area contributed by atoms with Crippen LogP contribution >= 0.6 is 0 Å². The van der Waals surface area contributed by atoms with Crippen molar-refractivity contribution in [3.63, 3.8) is 0 Å². The van der Waals surface area contributed by atoms with Gasteiger partial charge in [0.05, 0.1) is 11.1 Å². The molecule has 0 amide bonds. The van der Waals surface area contributed by atoms with Gasteiger partial charge in [0.15, 0.2) is 0 Å². The highest BCUT2D eigenvalue weighted by Gasteiger charge is 2.33. The second-order valence-corrected chi connectivity index (χ2v) is 6.14. The van der Waals surface area contributed by atoms with E-state index in [9.17, 15) is 18.3 Å². The molecule has 0 atom stereocenters. The molecule has 21 heavy (non-hydrogen) atoms. The third-order valence-corrected chi connectivity index (χ3v) is 2.94. The molecular weight excluding hydrogens is 281 g/mol. The normalized spacial score (nSPS) is 12.7. The molecule has 1 heterocycles. The van der Waals surface area contributed by atoms with Crippen molar-refractivity contribution in [3.05, 3.63) is 29.8 Å². The lowest BCUT2D eigenvalue weighted by Gasteiger charge is -2.21. The fraction of sp³-hybridized carbons (Fsp3) is 0.400. The molecule has 0 aliphatic rings. The summed E-state index contributed by atoms with van der Waals surface area (Å²) in [4.78, 5) is 3.64. The van der Waals surface area contributed by atoms with Gasteiger partial charge in [-0.3, -0.25) is 0 Å². The minimum Gasteiger partial charge on any atom is -0.493 e. The topological polar surface area (TPSA) is 45.1 Å². The Balaban J connectivity index is 2.57. The van der Waals surface area contributed by atoms with Crippen LogP contribution in [0.3, 0.4) is 0 Å². The molecule has 6 heteroatoms. The van der Waals surface area contributed by atoms with Crippen LogP contribution in [0.5, 0.6) is 5.88 Å². The number of hydrogen-bond acceptors (Lipinski definition) is 3. The molecule has 0 radical (unpaired) electrons. The van der Waals surface area contributed by atoms with E-state index in [2.05, 4.69) is 10.3 Å². The van der Waals surface area contributed by atoms with Crippen LogP contribution in [0.25, 0.3) is 10.9 Å². The molecule has 0 bridgehead atoms. The van der Waals surface area contributed by atoms with Gasteiger partial charge in [0.1, 0.15) is 0 Å². The summed E-state index contributed by atoms with van der Waals surface area (Å²) in [6.07, 6.45) is -4.51. The molecule has 2 aromatic rings. The van der Waals surface area contributed by atoms with E-state index in [1.165, 1.54) is 12.1 Å². The third kappa shape index (κ3) is 3.56. The zero-order chi connectivity index (χ0) is 15.8. The molecule has 0 unspecified atom stereocenters. The van der Waals surface area contributed by atoms with E-state index in [0.29, 0.717) is 17.6 Å². The van der Waals surface area contributed by atoms with Crippen LogP contribution in [0.15, 0.2) is 24.3 Å². The molecule has 0 saturated heterocycles. The van der Waals surface area contributed by atoms with Gasteiger partial charge in [-0.2, -0.15) is 13.2 Å². The average Bonchev–Trinajstić information content (AvgIpc) is 2.32. The lowest BCUT2D eigenvalue weighted by atomic mass is 9.96. The average molecular weight is 298 g/mol. The molecule has 3 nitrogen and oxygen atoms in total. The molecule has 2 rings (SSSR count). The molecule has 0 aliphatic heterocycles. The number of aromatic nitrogens is 1. The van der Waals surface area contributed by atoms with Gasteiger partial charge >= 0.3 is 6.18 Å². The predicted molar refractivity (Wildman–Crippen MR) is 76.4 cm³/mol. The summed E-state index contributed by atoms with van der Waals surface area (Å²) in [7, 11) is 0. The van der Waals surface area contributed by atoms with Gasteiger partial charge < -0.3 is 10.4 Å². The zero-order valence-corrected chi connectivity index (χ0v) is 12.0. The summed E-state index contributed by atoms with van der Waals surface area (Å²) in [6, 6.07) is 5.20. The first-order chi connectivity index (χ1) is 9.58. The maximum Gasteiger partial charge on any atom is 0.418 e. The molecule has 1 aromatic heterocycles. The van der Waals surface area contributed by atoms with Gasteiger partial charge in [-0.15, -0.1) is 0 Å². The first-order valence-corrected chi connectivity index (χ1v) is 6.52.